The quantitative estimate of drug-likeness (QED) is 0.819. The van der Waals surface area contributed by atoms with Gasteiger partial charge in [0, 0.05) is 11.4 Å². The number of aryl methyl sites for hydroxylation is 2. The minimum atomic E-state index is 0.0762. The maximum Gasteiger partial charge on any atom is 0.261 e. The molecule has 0 aliphatic carbocycles. The second-order valence-corrected chi connectivity index (χ2v) is 4.95. The monoisotopic (exact) mass is 225 g/mol. The maximum atomic E-state index is 11.7. The Kier molecular flexibility index (Phi) is 4.82. The van der Waals surface area contributed by atoms with Crippen molar-refractivity contribution >= 4 is 17.2 Å². The lowest BCUT2D eigenvalue weighted by atomic mass is 10.1. The van der Waals surface area contributed by atoms with Crippen LogP contribution >= 0.6 is 11.3 Å². The molecule has 0 radical (unpaired) electrons. The van der Waals surface area contributed by atoms with Gasteiger partial charge in [-0.1, -0.05) is 20.3 Å². The molecule has 0 unspecified atom stereocenters. The number of nitrogens with one attached hydrogen (secondary N) is 1. The fourth-order valence-corrected chi connectivity index (χ4v) is 2.46. The van der Waals surface area contributed by atoms with Gasteiger partial charge in [0.05, 0.1) is 4.88 Å². The van der Waals surface area contributed by atoms with Gasteiger partial charge in [-0.25, -0.2) is 0 Å². The van der Waals surface area contributed by atoms with Gasteiger partial charge in [0.2, 0.25) is 0 Å². The summed E-state index contributed by atoms with van der Waals surface area (Å²) in [5.74, 6) is 0.0762. The van der Waals surface area contributed by atoms with Crippen LogP contribution in [0.2, 0.25) is 0 Å². The highest BCUT2D eigenvalue weighted by Crippen LogP contribution is 2.22. The van der Waals surface area contributed by atoms with Crippen LogP contribution in [0.3, 0.4) is 0 Å². The van der Waals surface area contributed by atoms with E-state index in [0.29, 0.717) is 0 Å². The standard InChI is InChI=1S/C12H19NOS/c1-4-6-10-8-11(15-9(10)3)12(14)13-7-5-2/h8H,4-7H2,1-3H3,(H,13,14). The van der Waals surface area contributed by atoms with Crippen LogP contribution in [0, 0.1) is 6.92 Å². The zero-order valence-electron chi connectivity index (χ0n) is 9.72. The molecule has 15 heavy (non-hydrogen) atoms. The highest BCUT2D eigenvalue weighted by molar-refractivity contribution is 7.14. The molecule has 0 fully saturated rings. The van der Waals surface area contributed by atoms with Crippen molar-refractivity contribution in [1.82, 2.24) is 5.32 Å². The van der Waals surface area contributed by atoms with E-state index in [4.69, 9.17) is 0 Å². The van der Waals surface area contributed by atoms with E-state index in [-0.39, 0.29) is 5.91 Å². The summed E-state index contributed by atoms with van der Waals surface area (Å²) in [7, 11) is 0. The average Bonchev–Trinajstić information content (AvgIpc) is 2.58. The van der Waals surface area contributed by atoms with Crippen molar-refractivity contribution in [1.29, 1.82) is 0 Å². The minimum Gasteiger partial charge on any atom is -0.351 e. The Morgan fingerprint density at radius 3 is 2.73 bits per heavy atom. The Morgan fingerprint density at radius 1 is 1.40 bits per heavy atom. The lowest BCUT2D eigenvalue weighted by Gasteiger charge is -1.99. The minimum absolute atomic E-state index is 0.0762. The van der Waals surface area contributed by atoms with Crippen LogP contribution in [0.1, 0.15) is 46.8 Å². The third kappa shape index (κ3) is 3.34. The van der Waals surface area contributed by atoms with E-state index in [9.17, 15) is 4.79 Å². The molecular formula is C12H19NOS. The zero-order valence-corrected chi connectivity index (χ0v) is 10.5. The summed E-state index contributed by atoms with van der Waals surface area (Å²) in [5, 5.41) is 2.90. The summed E-state index contributed by atoms with van der Waals surface area (Å²) in [6.07, 6.45) is 3.19. The molecule has 0 saturated heterocycles. The van der Waals surface area contributed by atoms with Crippen LogP contribution in [0.25, 0.3) is 0 Å². The smallest absolute Gasteiger partial charge is 0.261 e. The van der Waals surface area contributed by atoms with E-state index in [2.05, 4.69) is 26.1 Å². The SMILES string of the molecule is CCCNC(=O)c1cc(CCC)c(C)s1. The number of carbonyl (C=O) groups excluding carboxylic acids is 1. The van der Waals surface area contributed by atoms with E-state index >= 15 is 0 Å². The number of hydrogen-bond donors (Lipinski definition) is 1. The maximum absolute atomic E-state index is 11.7. The third-order valence-electron chi connectivity index (χ3n) is 2.30. The molecule has 1 rings (SSSR count). The molecule has 0 atom stereocenters. The summed E-state index contributed by atoms with van der Waals surface area (Å²) in [4.78, 5) is 13.8. The van der Waals surface area contributed by atoms with Crippen molar-refractivity contribution in [2.45, 2.75) is 40.0 Å². The van der Waals surface area contributed by atoms with Gasteiger partial charge in [-0.05, 0) is 31.4 Å². The summed E-state index contributed by atoms with van der Waals surface area (Å²) in [6, 6.07) is 2.04. The fourth-order valence-electron chi connectivity index (χ4n) is 1.47. The van der Waals surface area contributed by atoms with Gasteiger partial charge in [0.15, 0.2) is 0 Å². The predicted molar refractivity (Wildman–Crippen MR) is 65.7 cm³/mol. The number of rotatable bonds is 5. The van der Waals surface area contributed by atoms with Crippen LogP contribution in [0.5, 0.6) is 0 Å². The molecule has 2 nitrogen and oxygen atoms in total. The number of carbonyl (C=O) groups is 1. The van der Waals surface area contributed by atoms with Gasteiger partial charge in [-0.3, -0.25) is 4.79 Å². The average molecular weight is 225 g/mol. The first-order valence-electron chi connectivity index (χ1n) is 5.56. The lowest BCUT2D eigenvalue weighted by Crippen LogP contribution is -2.22. The van der Waals surface area contributed by atoms with E-state index in [0.717, 1.165) is 30.7 Å². The highest BCUT2D eigenvalue weighted by atomic mass is 32.1. The molecule has 0 aromatic carbocycles. The molecule has 1 aromatic rings. The van der Waals surface area contributed by atoms with E-state index in [1.54, 1.807) is 11.3 Å². The van der Waals surface area contributed by atoms with Crippen molar-refractivity contribution in [2.75, 3.05) is 6.54 Å². The molecule has 0 bridgehead atoms. The van der Waals surface area contributed by atoms with Gasteiger partial charge < -0.3 is 5.32 Å². The molecule has 1 amide bonds. The molecular weight excluding hydrogens is 206 g/mol. The van der Waals surface area contributed by atoms with Crippen molar-refractivity contribution < 1.29 is 4.79 Å². The molecule has 0 saturated carbocycles. The highest BCUT2D eigenvalue weighted by Gasteiger charge is 2.10. The van der Waals surface area contributed by atoms with Crippen LogP contribution in [-0.2, 0) is 6.42 Å². The Labute approximate surface area is 95.7 Å². The molecule has 0 aliphatic heterocycles. The molecule has 3 heteroatoms. The van der Waals surface area contributed by atoms with E-state index in [1.807, 2.05) is 6.07 Å². The van der Waals surface area contributed by atoms with Crippen LogP contribution in [0.4, 0.5) is 0 Å². The first-order chi connectivity index (χ1) is 7.19. The van der Waals surface area contributed by atoms with Gasteiger partial charge >= 0.3 is 0 Å². The van der Waals surface area contributed by atoms with Crippen LogP contribution in [0.15, 0.2) is 6.07 Å². The summed E-state index contributed by atoms with van der Waals surface area (Å²) < 4.78 is 0. The van der Waals surface area contributed by atoms with Crippen molar-refractivity contribution in [3.05, 3.63) is 21.4 Å². The summed E-state index contributed by atoms with van der Waals surface area (Å²) in [6.45, 7) is 7.07. The summed E-state index contributed by atoms with van der Waals surface area (Å²) >= 11 is 1.60. The van der Waals surface area contributed by atoms with Crippen molar-refractivity contribution in [2.24, 2.45) is 0 Å². The first-order valence-corrected chi connectivity index (χ1v) is 6.38. The Bertz CT molecular complexity index is 330. The van der Waals surface area contributed by atoms with Crippen LogP contribution in [-0.4, -0.2) is 12.5 Å². The normalized spacial score (nSPS) is 10.3. The molecule has 1 heterocycles. The Balaban J connectivity index is 2.69. The molecule has 0 spiro atoms. The van der Waals surface area contributed by atoms with Gasteiger partial charge in [-0.15, -0.1) is 11.3 Å². The Hall–Kier alpha value is -0.830. The third-order valence-corrected chi connectivity index (χ3v) is 3.39. The summed E-state index contributed by atoms with van der Waals surface area (Å²) in [5.41, 5.74) is 1.32. The van der Waals surface area contributed by atoms with Gasteiger partial charge in [-0.2, -0.15) is 0 Å². The number of amides is 1. The van der Waals surface area contributed by atoms with Gasteiger partial charge in [0.1, 0.15) is 0 Å². The van der Waals surface area contributed by atoms with Crippen molar-refractivity contribution in [3.63, 3.8) is 0 Å². The lowest BCUT2D eigenvalue weighted by molar-refractivity contribution is 0.0957. The van der Waals surface area contributed by atoms with E-state index < -0.39 is 0 Å². The first kappa shape index (κ1) is 12.2. The molecule has 84 valence electrons. The zero-order chi connectivity index (χ0) is 11.3. The predicted octanol–water partition coefficient (Wildman–Crippen LogP) is 3.15. The Morgan fingerprint density at radius 2 is 2.13 bits per heavy atom. The number of thiophene rings is 1. The molecule has 0 aliphatic rings. The van der Waals surface area contributed by atoms with Crippen LogP contribution < -0.4 is 5.32 Å². The van der Waals surface area contributed by atoms with E-state index in [1.165, 1.54) is 10.4 Å². The fraction of sp³-hybridized carbons (Fsp3) is 0.583. The number of hydrogen-bond acceptors (Lipinski definition) is 2. The largest absolute Gasteiger partial charge is 0.351 e. The van der Waals surface area contributed by atoms with Crippen molar-refractivity contribution in [3.8, 4) is 0 Å². The second kappa shape index (κ2) is 5.91. The topological polar surface area (TPSA) is 29.1 Å². The molecule has 1 N–H and O–H groups in total. The molecule has 1 aromatic heterocycles. The van der Waals surface area contributed by atoms with Gasteiger partial charge in [0.25, 0.3) is 5.91 Å². The second-order valence-electron chi connectivity index (χ2n) is 3.70.